The van der Waals surface area contributed by atoms with Crippen molar-refractivity contribution in [2.45, 2.75) is 0 Å². The molecule has 0 unspecified atom stereocenters. The zero-order valence-electron chi connectivity index (χ0n) is 11.1. The molecule has 112 valence electrons. The van der Waals surface area contributed by atoms with Crippen LogP contribution in [-0.4, -0.2) is 22.1 Å². The molecule has 0 N–H and O–H groups in total. The lowest BCUT2D eigenvalue weighted by atomic mass is 10.1. The van der Waals surface area contributed by atoms with Gasteiger partial charge >= 0.3 is 0 Å². The number of halogens is 4. The fourth-order valence-corrected chi connectivity index (χ4v) is 2.72. The Kier molecular flexibility index (Phi) is 4.04. The first kappa shape index (κ1) is 15.2. The molecule has 1 aromatic carbocycles. The zero-order valence-corrected chi connectivity index (χ0v) is 13.3. The van der Waals surface area contributed by atoms with Gasteiger partial charge in [-0.25, -0.2) is 14.4 Å². The quantitative estimate of drug-likeness (QED) is 0.488. The van der Waals surface area contributed by atoms with Crippen LogP contribution in [0, 0.1) is 5.82 Å². The number of fused-ring (bicyclic) bond motifs is 1. The molecule has 3 aromatic rings. The molecule has 0 radical (unpaired) electrons. The summed E-state index contributed by atoms with van der Waals surface area (Å²) >= 11 is 18.0. The number of aromatic nitrogens is 3. The fraction of sp³-hybridized carbons (Fsp3) is 0.0714. The molecule has 0 saturated carbocycles. The van der Waals surface area contributed by atoms with Crippen molar-refractivity contribution in [1.29, 1.82) is 0 Å². The van der Waals surface area contributed by atoms with Crippen molar-refractivity contribution < 1.29 is 9.13 Å². The molecule has 3 rings (SSSR count). The van der Waals surface area contributed by atoms with Crippen LogP contribution in [0.3, 0.4) is 0 Å². The summed E-state index contributed by atoms with van der Waals surface area (Å²) in [7, 11) is 1.43. The van der Waals surface area contributed by atoms with E-state index in [1.807, 2.05) is 0 Å². The molecule has 2 heterocycles. The first-order valence-corrected chi connectivity index (χ1v) is 7.17. The van der Waals surface area contributed by atoms with E-state index in [4.69, 9.17) is 39.5 Å². The monoisotopic (exact) mass is 357 g/mol. The molecule has 0 amide bonds. The highest BCUT2D eigenvalue weighted by atomic mass is 35.5. The third kappa shape index (κ3) is 2.56. The molecule has 0 aliphatic carbocycles. The molecule has 8 heteroatoms. The van der Waals surface area contributed by atoms with Crippen molar-refractivity contribution in [3.8, 4) is 17.0 Å². The fourth-order valence-electron chi connectivity index (χ4n) is 2.05. The second-order valence-corrected chi connectivity index (χ2v) is 5.39. The summed E-state index contributed by atoms with van der Waals surface area (Å²) in [6.07, 6.45) is 0. The first-order chi connectivity index (χ1) is 10.5. The second-order valence-electron chi connectivity index (χ2n) is 4.29. The van der Waals surface area contributed by atoms with Gasteiger partial charge in [-0.1, -0.05) is 29.3 Å². The number of hydrogen-bond acceptors (Lipinski definition) is 4. The summed E-state index contributed by atoms with van der Waals surface area (Å²) in [4.78, 5) is 12.1. The van der Waals surface area contributed by atoms with Gasteiger partial charge < -0.3 is 4.74 Å². The summed E-state index contributed by atoms with van der Waals surface area (Å²) in [6.45, 7) is 0. The van der Waals surface area contributed by atoms with Gasteiger partial charge in [-0.2, -0.15) is 4.98 Å². The highest BCUT2D eigenvalue weighted by molar-refractivity contribution is 6.37. The highest BCUT2D eigenvalue weighted by Crippen LogP contribution is 2.37. The predicted octanol–water partition coefficient (Wildman–Crippen LogP) is 4.80. The van der Waals surface area contributed by atoms with Gasteiger partial charge in [0.15, 0.2) is 5.65 Å². The average molecular weight is 359 g/mol. The summed E-state index contributed by atoms with van der Waals surface area (Å²) in [5.74, 6) is -0.209. The van der Waals surface area contributed by atoms with Gasteiger partial charge in [0.25, 0.3) is 0 Å². The summed E-state index contributed by atoms with van der Waals surface area (Å²) in [5.41, 5.74) is 0.549. The molecule has 22 heavy (non-hydrogen) atoms. The number of benzene rings is 1. The van der Waals surface area contributed by atoms with Gasteiger partial charge in [0.05, 0.1) is 28.8 Å². The third-order valence-corrected chi connectivity index (χ3v) is 3.74. The van der Waals surface area contributed by atoms with Crippen molar-refractivity contribution >= 4 is 45.8 Å². The Morgan fingerprint density at radius 1 is 1.09 bits per heavy atom. The predicted molar refractivity (Wildman–Crippen MR) is 84.3 cm³/mol. The van der Waals surface area contributed by atoms with E-state index in [9.17, 15) is 4.39 Å². The van der Waals surface area contributed by atoms with Crippen LogP contribution in [-0.2, 0) is 0 Å². The maximum Gasteiger partial charge on any atom is 0.225 e. The maximum atomic E-state index is 14.2. The third-order valence-electron chi connectivity index (χ3n) is 3.00. The van der Waals surface area contributed by atoms with Crippen molar-refractivity contribution in [3.63, 3.8) is 0 Å². The first-order valence-electron chi connectivity index (χ1n) is 6.03. The number of methoxy groups -OCH3 is 1. The zero-order chi connectivity index (χ0) is 15.9. The van der Waals surface area contributed by atoms with Crippen LogP contribution in [0.4, 0.5) is 4.39 Å². The summed E-state index contributed by atoms with van der Waals surface area (Å²) in [5, 5.41) is 0.689. The van der Waals surface area contributed by atoms with Crippen molar-refractivity contribution in [1.82, 2.24) is 15.0 Å². The maximum absolute atomic E-state index is 14.2. The lowest BCUT2D eigenvalue weighted by Crippen LogP contribution is -1.97. The van der Waals surface area contributed by atoms with Gasteiger partial charge in [-0.15, -0.1) is 0 Å². The minimum atomic E-state index is -0.514. The molecule has 0 fully saturated rings. The smallest absolute Gasteiger partial charge is 0.225 e. The molecule has 0 atom stereocenters. The van der Waals surface area contributed by atoms with E-state index in [1.54, 1.807) is 6.07 Å². The minimum Gasteiger partial charge on any atom is -0.496 e. The Balaban J connectivity index is 2.35. The topological polar surface area (TPSA) is 47.9 Å². The summed E-state index contributed by atoms with van der Waals surface area (Å²) in [6, 6.07) is 5.95. The molecular formula is C14H7Cl3FN3O. The van der Waals surface area contributed by atoms with Crippen LogP contribution in [0.5, 0.6) is 5.75 Å². The van der Waals surface area contributed by atoms with Crippen molar-refractivity contribution in [3.05, 3.63) is 45.5 Å². The van der Waals surface area contributed by atoms with Crippen LogP contribution < -0.4 is 4.74 Å². The number of ether oxygens (including phenoxy) is 1. The second kappa shape index (κ2) is 5.83. The van der Waals surface area contributed by atoms with E-state index < -0.39 is 5.82 Å². The van der Waals surface area contributed by atoms with Crippen LogP contribution in [0.2, 0.25) is 15.5 Å². The van der Waals surface area contributed by atoms with Crippen molar-refractivity contribution in [2.75, 3.05) is 7.11 Å². The van der Waals surface area contributed by atoms with Crippen molar-refractivity contribution in [2.24, 2.45) is 0 Å². The Hall–Kier alpha value is -1.69. The minimum absolute atomic E-state index is 0.0567. The van der Waals surface area contributed by atoms with Gasteiger partial charge in [0.2, 0.25) is 5.28 Å². The molecular weight excluding hydrogens is 352 g/mol. The van der Waals surface area contributed by atoms with Gasteiger partial charge in [0.1, 0.15) is 16.7 Å². The number of nitrogens with zero attached hydrogens (tertiary/aromatic N) is 3. The summed E-state index contributed by atoms with van der Waals surface area (Å²) < 4.78 is 19.4. The molecule has 2 aromatic heterocycles. The van der Waals surface area contributed by atoms with E-state index in [0.29, 0.717) is 11.1 Å². The van der Waals surface area contributed by atoms with Crippen LogP contribution in [0.15, 0.2) is 24.3 Å². The largest absolute Gasteiger partial charge is 0.496 e. The molecule has 0 saturated heterocycles. The van der Waals surface area contributed by atoms with Crippen LogP contribution in [0.1, 0.15) is 0 Å². The van der Waals surface area contributed by atoms with Crippen LogP contribution in [0.25, 0.3) is 22.3 Å². The van der Waals surface area contributed by atoms with Gasteiger partial charge in [-0.05, 0) is 29.8 Å². The number of rotatable bonds is 2. The van der Waals surface area contributed by atoms with Crippen LogP contribution >= 0.6 is 34.8 Å². The molecule has 0 aliphatic heterocycles. The van der Waals surface area contributed by atoms with Gasteiger partial charge in [-0.3, -0.25) is 0 Å². The van der Waals surface area contributed by atoms with E-state index in [1.165, 1.54) is 25.3 Å². The highest BCUT2D eigenvalue weighted by Gasteiger charge is 2.18. The van der Waals surface area contributed by atoms with E-state index in [2.05, 4.69) is 15.0 Å². The average Bonchev–Trinajstić information content (AvgIpc) is 2.47. The number of hydrogen-bond donors (Lipinski definition) is 0. The molecule has 0 aliphatic rings. The Morgan fingerprint density at radius 2 is 1.86 bits per heavy atom. The molecule has 4 nitrogen and oxygen atoms in total. The number of pyridine rings is 1. The van der Waals surface area contributed by atoms with E-state index >= 15 is 0 Å². The standard InChI is InChI=1S/C14H7Cl3FN3O/c1-22-9-4-2-3-8(18)10(9)11-7(15)5-6-12(16)20-14(17)21-13(6)19-11/h2-5H,1H3. The SMILES string of the molecule is COc1cccc(F)c1-c1nc2nc(Cl)nc(Cl)c2cc1Cl. The lowest BCUT2D eigenvalue weighted by molar-refractivity contribution is 0.413. The van der Waals surface area contributed by atoms with E-state index in [-0.39, 0.29) is 32.4 Å². The normalized spacial score (nSPS) is 11.0. The van der Waals surface area contributed by atoms with E-state index in [0.717, 1.165) is 0 Å². The Morgan fingerprint density at radius 3 is 2.59 bits per heavy atom. The Bertz CT molecular complexity index is 889. The molecule has 0 spiro atoms. The lowest BCUT2D eigenvalue weighted by Gasteiger charge is -2.11. The van der Waals surface area contributed by atoms with Gasteiger partial charge in [0, 0.05) is 0 Å². The molecule has 0 bridgehead atoms. The Labute approximate surface area is 139 Å².